The number of aryl methyl sites for hydroxylation is 1. The molecule has 1 amide bonds. The summed E-state index contributed by atoms with van der Waals surface area (Å²) in [5.41, 5.74) is 5.81. The van der Waals surface area contributed by atoms with E-state index in [2.05, 4.69) is 21.5 Å². The van der Waals surface area contributed by atoms with Crippen molar-refractivity contribution < 1.29 is 14.7 Å². The van der Waals surface area contributed by atoms with E-state index >= 15 is 0 Å². The zero-order chi connectivity index (χ0) is 24.2. The summed E-state index contributed by atoms with van der Waals surface area (Å²) in [7, 11) is 0. The van der Waals surface area contributed by atoms with Crippen LogP contribution in [0, 0.1) is 6.92 Å². The lowest BCUT2D eigenvalue weighted by atomic mass is 9.70. The second-order valence-electron chi connectivity index (χ2n) is 8.96. The molecular weight excluding hydrogens is 442 g/mol. The average molecular weight is 463 g/mol. The monoisotopic (exact) mass is 463 g/mol. The van der Waals surface area contributed by atoms with Crippen LogP contribution in [-0.4, -0.2) is 36.6 Å². The fourth-order valence-corrected chi connectivity index (χ4v) is 4.85. The molecule has 3 aromatic heterocycles. The molecule has 1 saturated carbocycles. The zero-order valence-corrected chi connectivity index (χ0v) is 18.9. The number of hydrogen-bond donors (Lipinski definition) is 2. The number of amides is 1. The lowest BCUT2D eigenvalue weighted by Gasteiger charge is -2.40. The number of carboxylic acid groups (broad SMARTS) is 1. The fraction of sp³-hybridized carbons (Fsp3) is 0.148. The van der Waals surface area contributed by atoms with Gasteiger partial charge in [-0.15, -0.1) is 0 Å². The van der Waals surface area contributed by atoms with Crippen LogP contribution in [0.15, 0.2) is 72.9 Å². The number of Topliss-reactive ketones (excluding diaryl/α,β-unsaturated/α-hetero) is 1. The molecule has 8 nitrogen and oxygen atoms in total. The summed E-state index contributed by atoms with van der Waals surface area (Å²) in [4.78, 5) is 32.7. The number of aromatic nitrogens is 4. The zero-order valence-electron chi connectivity index (χ0n) is 18.9. The topological polar surface area (TPSA) is 109 Å². The van der Waals surface area contributed by atoms with Crippen LogP contribution in [-0.2, 0) is 10.3 Å². The molecule has 172 valence electrons. The SMILES string of the molecule is Cc1cc2ncc3cc(-c4ccccc4)c(-c4ccc(C5(NC(=O)O)CC(=O)C5)cc4)nc3n2n1. The minimum absolute atomic E-state index is 0.0394. The summed E-state index contributed by atoms with van der Waals surface area (Å²) in [6, 6.07) is 21.6. The molecule has 5 aromatic rings. The van der Waals surface area contributed by atoms with Crippen LogP contribution >= 0.6 is 0 Å². The molecule has 0 radical (unpaired) electrons. The molecule has 0 spiro atoms. The molecular formula is C27H21N5O3. The van der Waals surface area contributed by atoms with Crippen LogP contribution in [0.25, 0.3) is 39.1 Å². The molecule has 2 N–H and O–H groups in total. The van der Waals surface area contributed by atoms with Gasteiger partial charge in [0.05, 0.1) is 16.9 Å². The van der Waals surface area contributed by atoms with Crippen LogP contribution in [0.5, 0.6) is 0 Å². The van der Waals surface area contributed by atoms with Gasteiger partial charge >= 0.3 is 6.09 Å². The molecule has 0 aliphatic heterocycles. The van der Waals surface area contributed by atoms with E-state index in [-0.39, 0.29) is 18.6 Å². The van der Waals surface area contributed by atoms with Gasteiger partial charge in [-0.3, -0.25) is 4.79 Å². The molecule has 0 atom stereocenters. The minimum atomic E-state index is -1.14. The Labute approximate surface area is 200 Å². The third-order valence-corrected chi connectivity index (χ3v) is 6.52. The maximum absolute atomic E-state index is 11.7. The van der Waals surface area contributed by atoms with Gasteiger partial charge in [0.1, 0.15) is 5.78 Å². The molecule has 1 aliphatic carbocycles. The van der Waals surface area contributed by atoms with Gasteiger partial charge in [-0.1, -0.05) is 54.6 Å². The quantitative estimate of drug-likeness (QED) is 0.398. The fourth-order valence-electron chi connectivity index (χ4n) is 4.85. The van der Waals surface area contributed by atoms with E-state index < -0.39 is 11.6 Å². The molecule has 1 aliphatic rings. The Morgan fingerprint density at radius 3 is 2.46 bits per heavy atom. The van der Waals surface area contributed by atoms with Crippen molar-refractivity contribution in [2.24, 2.45) is 0 Å². The first kappa shape index (κ1) is 21.0. The molecule has 0 bridgehead atoms. The van der Waals surface area contributed by atoms with E-state index in [1.807, 2.05) is 73.8 Å². The minimum Gasteiger partial charge on any atom is -0.465 e. The number of hydrogen-bond acceptors (Lipinski definition) is 5. The first-order valence-electron chi connectivity index (χ1n) is 11.3. The molecule has 2 aromatic carbocycles. The lowest BCUT2D eigenvalue weighted by molar-refractivity contribution is -0.129. The molecule has 3 heterocycles. The van der Waals surface area contributed by atoms with Crippen LogP contribution in [0.1, 0.15) is 24.1 Å². The molecule has 35 heavy (non-hydrogen) atoms. The van der Waals surface area contributed by atoms with E-state index in [0.29, 0.717) is 5.65 Å². The Kier molecular flexibility index (Phi) is 4.63. The Balaban J connectivity index is 1.52. The highest BCUT2D eigenvalue weighted by atomic mass is 16.4. The van der Waals surface area contributed by atoms with Gasteiger partial charge in [0, 0.05) is 41.6 Å². The first-order valence-corrected chi connectivity index (χ1v) is 11.3. The normalized spacial score (nSPS) is 14.7. The Hall–Kier alpha value is -4.59. The van der Waals surface area contributed by atoms with Crippen molar-refractivity contribution in [2.45, 2.75) is 25.3 Å². The molecule has 0 saturated heterocycles. The second-order valence-corrected chi connectivity index (χ2v) is 8.96. The van der Waals surface area contributed by atoms with Crippen molar-refractivity contribution in [1.82, 2.24) is 24.9 Å². The number of rotatable bonds is 4. The molecule has 6 rings (SSSR count). The number of nitrogens with one attached hydrogen (secondary N) is 1. The Bertz CT molecular complexity index is 1620. The summed E-state index contributed by atoms with van der Waals surface area (Å²) in [5.74, 6) is 0.0394. The third kappa shape index (κ3) is 3.50. The van der Waals surface area contributed by atoms with E-state index in [1.54, 1.807) is 4.52 Å². The summed E-state index contributed by atoms with van der Waals surface area (Å²) in [5, 5.41) is 17.3. The predicted molar refractivity (Wildman–Crippen MR) is 131 cm³/mol. The largest absolute Gasteiger partial charge is 0.465 e. The summed E-state index contributed by atoms with van der Waals surface area (Å²) < 4.78 is 1.75. The van der Waals surface area contributed by atoms with Gasteiger partial charge in [0.2, 0.25) is 0 Å². The molecule has 8 heteroatoms. The van der Waals surface area contributed by atoms with Gasteiger partial charge in [-0.05, 0) is 24.1 Å². The third-order valence-electron chi connectivity index (χ3n) is 6.52. The number of nitrogens with zero attached hydrogens (tertiary/aromatic N) is 4. The summed E-state index contributed by atoms with van der Waals surface area (Å²) in [6.07, 6.45) is 0.987. The number of carbonyl (C=O) groups excluding carboxylic acids is 1. The van der Waals surface area contributed by atoms with E-state index in [0.717, 1.165) is 44.7 Å². The first-order chi connectivity index (χ1) is 16.9. The summed E-state index contributed by atoms with van der Waals surface area (Å²) >= 11 is 0. The van der Waals surface area contributed by atoms with E-state index in [9.17, 15) is 14.7 Å². The number of fused-ring (bicyclic) bond motifs is 3. The van der Waals surface area contributed by atoms with Gasteiger partial charge in [-0.25, -0.2) is 14.8 Å². The standard InChI is InChI=1S/C27H21N5O3/c1-16-11-23-28-15-19-12-22(17-5-3-2-4-6-17)24(29-25(19)32(23)31-16)18-7-9-20(10-8-18)27(30-26(34)35)13-21(33)14-27/h2-12,15,30H,13-14H2,1H3,(H,34,35). The van der Waals surface area contributed by atoms with Crippen LogP contribution < -0.4 is 5.32 Å². The van der Waals surface area contributed by atoms with Crippen molar-refractivity contribution in [3.05, 3.63) is 84.2 Å². The summed E-state index contributed by atoms with van der Waals surface area (Å²) in [6.45, 7) is 1.92. The van der Waals surface area contributed by atoms with Gasteiger partial charge in [0.25, 0.3) is 0 Å². The van der Waals surface area contributed by atoms with Crippen molar-refractivity contribution in [1.29, 1.82) is 0 Å². The molecule has 1 fully saturated rings. The number of carbonyl (C=O) groups is 2. The van der Waals surface area contributed by atoms with Gasteiger partial charge in [-0.2, -0.15) is 9.61 Å². The smallest absolute Gasteiger partial charge is 0.405 e. The van der Waals surface area contributed by atoms with Crippen LogP contribution in [0.2, 0.25) is 0 Å². The average Bonchev–Trinajstić information content (AvgIpc) is 3.23. The molecule has 0 unspecified atom stereocenters. The van der Waals surface area contributed by atoms with Gasteiger partial charge in [0.15, 0.2) is 11.3 Å². The van der Waals surface area contributed by atoms with Crippen molar-refractivity contribution in [3.8, 4) is 22.4 Å². The Morgan fingerprint density at radius 2 is 1.77 bits per heavy atom. The Morgan fingerprint density at radius 1 is 1.03 bits per heavy atom. The lowest BCUT2D eigenvalue weighted by Crippen LogP contribution is -2.54. The highest BCUT2D eigenvalue weighted by Gasteiger charge is 2.46. The maximum atomic E-state index is 11.7. The highest BCUT2D eigenvalue weighted by Crippen LogP contribution is 2.40. The van der Waals surface area contributed by atoms with E-state index in [1.165, 1.54) is 0 Å². The van der Waals surface area contributed by atoms with E-state index in [4.69, 9.17) is 4.98 Å². The maximum Gasteiger partial charge on any atom is 0.405 e. The van der Waals surface area contributed by atoms with Crippen LogP contribution in [0.4, 0.5) is 4.79 Å². The van der Waals surface area contributed by atoms with Crippen molar-refractivity contribution >= 4 is 28.6 Å². The number of ketones is 1. The van der Waals surface area contributed by atoms with Gasteiger partial charge < -0.3 is 10.4 Å². The van der Waals surface area contributed by atoms with Crippen LogP contribution in [0.3, 0.4) is 0 Å². The predicted octanol–water partition coefficient (Wildman–Crippen LogP) is 4.75. The highest BCUT2D eigenvalue weighted by molar-refractivity contribution is 5.92. The second kappa shape index (κ2) is 7.73. The van der Waals surface area contributed by atoms with Crippen molar-refractivity contribution in [3.63, 3.8) is 0 Å². The number of benzene rings is 2. The van der Waals surface area contributed by atoms with Crippen molar-refractivity contribution in [2.75, 3.05) is 0 Å². The number of pyridine rings is 1.